The number of hydrogen-bond donors (Lipinski definition) is 1. The largest absolute Gasteiger partial charge is 0.461 e. The molecule has 0 aliphatic carbocycles. The van der Waals surface area contributed by atoms with Gasteiger partial charge in [-0.3, -0.25) is 9.59 Å². The van der Waals surface area contributed by atoms with Crippen LogP contribution in [0.25, 0.3) is 11.3 Å². The quantitative estimate of drug-likeness (QED) is 0.514. The molecule has 156 valence electrons. The molecule has 0 saturated heterocycles. The molecule has 0 atom stereocenters. The van der Waals surface area contributed by atoms with Crippen LogP contribution in [0.3, 0.4) is 0 Å². The minimum absolute atomic E-state index is 0.0279. The van der Waals surface area contributed by atoms with Crippen LogP contribution in [0.2, 0.25) is 0 Å². The lowest BCUT2D eigenvalue weighted by molar-refractivity contribution is -0.147. The zero-order chi connectivity index (χ0) is 21.3. The monoisotopic (exact) mass is 415 g/mol. The third kappa shape index (κ3) is 6.16. The number of carbonyl (C=O) groups excluding carboxylic acids is 2. The highest BCUT2D eigenvalue weighted by molar-refractivity contribution is 5.94. The van der Waals surface area contributed by atoms with Crippen molar-refractivity contribution in [1.29, 1.82) is 0 Å². The van der Waals surface area contributed by atoms with E-state index in [1.54, 1.807) is 12.1 Å². The first-order valence-electron chi connectivity index (χ1n) is 9.14. The molecule has 0 unspecified atom stereocenters. The maximum Gasteiger partial charge on any atom is 0.387 e. The summed E-state index contributed by atoms with van der Waals surface area (Å²) in [5, 5.41) is 2.37. The molecular formula is C22H19F2NO5. The normalized spacial score (nSPS) is 10.6. The molecule has 1 N–H and O–H groups in total. The van der Waals surface area contributed by atoms with Crippen LogP contribution >= 0.6 is 0 Å². The maximum atomic E-state index is 12.4. The van der Waals surface area contributed by atoms with Crippen LogP contribution in [-0.2, 0) is 20.7 Å². The van der Waals surface area contributed by atoms with E-state index >= 15 is 0 Å². The highest BCUT2D eigenvalue weighted by Crippen LogP contribution is 2.25. The smallest absolute Gasteiger partial charge is 0.387 e. The number of rotatable bonds is 9. The van der Waals surface area contributed by atoms with Gasteiger partial charge in [-0.25, -0.2) is 0 Å². The summed E-state index contributed by atoms with van der Waals surface area (Å²) in [6.07, 6.45) is 0.346. The van der Waals surface area contributed by atoms with Gasteiger partial charge in [0.15, 0.2) is 6.61 Å². The summed E-state index contributed by atoms with van der Waals surface area (Å²) in [6.45, 7) is -3.57. The van der Waals surface area contributed by atoms with Crippen LogP contribution in [0, 0.1) is 0 Å². The Bertz CT molecular complexity index is 988. The van der Waals surface area contributed by atoms with Crippen molar-refractivity contribution in [3.8, 4) is 17.1 Å². The van der Waals surface area contributed by atoms with Crippen molar-refractivity contribution < 1.29 is 32.3 Å². The van der Waals surface area contributed by atoms with E-state index in [0.29, 0.717) is 17.9 Å². The van der Waals surface area contributed by atoms with Gasteiger partial charge in [-0.1, -0.05) is 42.5 Å². The summed E-state index contributed by atoms with van der Waals surface area (Å²) in [7, 11) is 0. The van der Waals surface area contributed by atoms with Crippen LogP contribution in [-0.4, -0.2) is 25.1 Å². The number of amides is 1. The Hall–Kier alpha value is -3.68. The Balaban J connectivity index is 1.44. The fourth-order valence-corrected chi connectivity index (χ4v) is 2.67. The Morgan fingerprint density at radius 3 is 2.47 bits per heavy atom. The average molecular weight is 415 g/mol. The van der Waals surface area contributed by atoms with Crippen LogP contribution in [0.4, 0.5) is 14.5 Å². The zero-order valence-corrected chi connectivity index (χ0v) is 15.8. The zero-order valence-electron chi connectivity index (χ0n) is 15.8. The highest BCUT2D eigenvalue weighted by Gasteiger charge is 2.14. The Morgan fingerprint density at radius 1 is 0.967 bits per heavy atom. The number of para-hydroxylation sites is 2. The number of alkyl halides is 2. The van der Waals surface area contributed by atoms with E-state index in [4.69, 9.17) is 9.15 Å². The molecule has 3 rings (SSSR count). The number of benzene rings is 2. The van der Waals surface area contributed by atoms with Gasteiger partial charge in [-0.15, -0.1) is 0 Å². The van der Waals surface area contributed by atoms with Crippen molar-refractivity contribution in [3.63, 3.8) is 0 Å². The lowest BCUT2D eigenvalue weighted by Crippen LogP contribution is -2.21. The van der Waals surface area contributed by atoms with Crippen molar-refractivity contribution in [2.75, 3.05) is 11.9 Å². The van der Waals surface area contributed by atoms with E-state index in [1.165, 1.54) is 18.2 Å². The van der Waals surface area contributed by atoms with Crippen molar-refractivity contribution >= 4 is 17.6 Å². The molecule has 0 radical (unpaired) electrons. The highest BCUT2D eigenvalue weighted by atomic mass is 19.3. The first kappa shape index (κ1) is 21.0. The second kappa shape index (κ2) is 10.2. The fourth-order valence-electron chi connectivity index (χ4n) is 2.67. The van der Waals surface area contributed by atoms with Crippen LogP contribution in [0.5, 0.6) is 5.75 Å². The van der Waals surface area contributed by atoms with E-state index in [1.807, 2.05) is 36.4 Å². The number of hydrogen-bond acceptors (Lipinski definition) is 5. The number of furan rings is 1. The summed E-state index contributed by atoms with van der Waals surface area (Å²) in [6, 6.07) is 18.9. The van der Waals surface area contributed by atoms with E-state index in [0.717, 1.165) is 5.56 Å². The number of halogens is 2. The summed E-state index contributed by atoms with van der Waals surface area (Å²) >= 11 is 0. The first-order valence-corrected chi connectivity index (χ1v) is 9.14. The Labute approximate surface area is 171 Å². The van der Waals surface area contributed by atoms with Gasteiger partial charge in [0.1, 0.15) is 17.3 Å². The lowest BCUT2D eigenvalue weighted by Gasteiger charge is -2.11. The molecule has 8 heteroatoms. The predicted octanol–water partition coefficient (Wildman–Crippen LogP) is 4.66. The standard InChI is InChI=1S/C22H19F2NO5/c23-22(24)30-19-9-5-4-8-17(19)25-20(26)14-28-21(27)13-11-16-10-12-18(29-16)15-6-2-1-3-7-15/h1-10,12,22H,11,13-14H2,(H,25,26). The molecule has 1 aromatic heterocycles. The van der Waals surface area contributed by atoms with E-state index in [2.05, 4.69) is 10.1 Å². The third-order valence-electron chi connectivity index (χ3n) is 4.04. The minimum Gasteiger partial charge on any atom is -0.461 e. The summed E-state index contributed by atoms with van der Waals surface area (Å²) in [4.78, 5) is 23.8. The SMILES string of the molecule is O=C(COC(=O)CCc1ccc(-c2ccccc2)o1)Nc1ccccc1OC(F)F. The van der Waals surface area contributed by atoms with Gasteiger partial charge in [-0.2, -0.15) is 8.78 Å². The van der Waals surface area contributed by atoms with Crippen molar-refractivity contribution in [3.05, 3.63) is 72.5 Å². The van der Waals surface area contributed by atoms with Crippen molar-refractivity contribution in [1.82, 2.24) is 0 Å². The van der Waals surface area contributed by atoms with E-state index < -0.39 is 25.1 Å². The number of ether oxygens (including phenoxy) is 2. The Kier molecular flexibility index (Phi) is 7.15. The van der Waals surface area contributed by atoms with Crippen molar-refractivity contribution in [2.24, 2.45) is 0 Å². The summed E-state index contributed by atoms with van der Waals surface area (Å²) in [5.74, 6) is -0.117. The van der Waals surface area contributed by atoms with Gasteiger partial charge >= 0.3 is 12.6 Å². The lowest BCUT2D eigenvalue weighted by atomic mass is 10.2. The summed E-state index contributed by atoms with van der Waals surface area (Å²) in [5.41, 5.74) is 0.988. The fraction of sp³-hybridized carbons (Fsp3) is 0.182. The van der Waals surface area contributed by atoms with Crippen LogP contribution < -0.4 is 10.1 Å². The molecule has 0 bridgehead atoms. The van der Waals surface area contributed by atoms with Crippen molar-refractivity contribution in [2.45, 2.75) is 19.5 Å². The second-order valence-corrected chi connectivity index (χ2v) is 6.22. The number of nitrogens with one attached hydrogen (secondary N) is 1. The van der Waals surface area contributed by atoms with Gasteiger partial charge in [0.05, 0.1) is 12.1 Å². The molecule has 3 aromatic rings. The molecule has 0 fully saturated rings. The third-order valence-corrected chi connectivity index (χ3v) is 4.04. The van der Waals surface area contributed by atoms with Gasteiger partial charge in [-0.05, 0) is 24.3 Å². The van der Waals surface area contributed by atoms with E-state index in [-0.39, 0.29) is 17.9 Å². The van der Waals surface area contributed by atoms with Gasteiger partial charge in [0, 0.05) is 12.0 Å². The minimum atomic E-state index is -3.02. The Morgan fingerprint density at radius 2 is 1.70 bits per heavy atom. The second-order valence-electron chi connectivity index (χ2n) is 6.22. The van der Waals surface area contributed by atoms with Gasteiger partial charge in [0.25, 0.3) is 5.91 Å². The van der Waals surface area contributed by atoms with Gasteiger partial charge < -0.3 is 19.2 Å². The molecule has 2 aromatic carbocycles. The van der Waals surface area contributed by atoms with Gasteiger partial charge in [0.2, 0.25) is 0 Å². The molecule has 0 aliphatic rings. The molecule has 30 heavy (non-hydrogen) atoms. The van der Waals surface area contributed by atoms with Crippen LogP contribution in [0.1, 0.15) is 12.2 Å². The molecule has 0 aliphatic heterocycles. The molecular weight excluding hydrogens is 396 g/mol. The van der Waals surface area contributed by atoms with E-state index in [9.17, 15) is 18.4 Å². The average Bonchev–Trinajstić information content (AvgIpc) is 3.22. The molecule has 1 amide bonds. The topological polar surface area (TPSA) is 77.8 Å². The molecule has 0 spiro atoms. The maximum absolute atomic E-state index is 12.4. The first-order chi connectivity index (χ1) is 14.5. The number of aryl methyl sites for hydroxylation is 1. The number of anilines is 1. The molecule has 0 saturated carbocycles. The van der Waals surface area contributed by atoms with Crippen LogP contribution in [0.15, 0.2) is 71.1 Å². The molecule has 1 heterocycles. The predicted molar refractivity (Wildman–Crippen MR) is 105 cm³/mol. The number of esters is 1. The summed E-state index contributed by atoms with van der Waals surface area (Å²) < 4.78 is 39.8. The molecule has 6 nitrogen and oxygen atoms in total. The number of carbonyl (C=O) groups is 2.